The first-order chi connectivity index (χ1) is 22.2. The monoisotopic (exact) mass is 677 g/mol. The van der Waals surface area contributed by atoms with Crippen molar-refractivity contribution in [3.05, 3.63) is 29.8 Å². The van der Waals surface area contributed by atoms with Crippen molar-refractivity contribution in [3.63, 3.8) is 0 Å². The Kier molecular flexibility index (Phi) is 12.8. The maximum atomic E-state index is 13.4. The lowest BCUT2D eigenvalue weighted by molar-refractivity contribution is -0.0518. The number of methoxy groups -OCH3 is 1. The van der Waals surface area contributed by atoms with Crippen LogP contribution in [-0.4, -0.2) is 103 Å². The van der Waals surface area contributed by atoms with E-state index in [-0.39, 0.29) is 19.1 Å². The first-order valence-corrected chi connectivity index (χ1v) is 16.7. The molecule has 0 bridgehead atoms. The quantitative estimate of drug-likeness (QED) is 0.180. The van der Waals surface area contributed by atoms with Gasteiger partial charge in [-0.3, -0.25) is 4.90 Å². The SMILES string of the molecule is COc1ccc(C[C@@H]2[C@H](OC(=O)NCCC[C@H]3CCN(C(=O)OC(C)(C)C)C3)[C@@H](OC(=O)OC(C)(C)C)CN2C(=O)OC(C)(C)C)cc1. The number of amides is 3. The Morgan fingerprint density at radius 1 is 0.812 bits per heavy atom. The van der Waals surface area contributed by atoms with E-state index >= 15 is 0 Å². The van der Waals surface area contributed by atoms with Gasteiger partial charge in [0.1, 0.15) is 22.6 Å². The highest BCUT2D eigenvalue weighted by Crippen LogP contribution is 2.30. The van der Waals surface area contributed by atoms with Crippen LogP contribution in [-0.2, 0) is 30.1 Å². The van der Waals surface area contributed by atoms with Crippen LogP contribution in [0.15, 0.2) is 24.3 Å². The van der Waals surface area contributed by atoms with Gasteiger partial charge in [0.05, 0.1) is 19.7 Å². The van der Waals surface area contributed by atoms with Crippen LogP contribution in [0.25, 0.3) is 0 Å². The summed E-state index contributed by atoms with van der Waals surface area (Å²) >= 11 is 0. The van der Waals surface area contributed by atoms with Gasteiger partial charge >= 0.3 is 24.4 Å². The molecule has 3 amide bonds. The first-order valence-electron chi connectivity index (χ1n) is 16.7. The van der Waals surface area contributed by atoms with Crippen molar-refractivity contribution in [2.45, 2.75) is 123 Å². The Hall–Kier alpha value is -3.90. The van der Waals surface area contributed by atoms with Crippen molar-refractivity contribution in [1.29, 1.82) is 0 Å². The third-order valence-electron chi connectivity index (χ3n) is 7.63. The van der Waals surface area contributed by atoms with Crippen LogP contribution in [0.1, 0.15) is 87.1 Å². The molecule has 1 aromatic rings. The van der Waals surface area contributed by atoms with Crippen LogP contribution in [0.4, 0.5) is 19.2 Å². The second kappa shape index (κ2) is 16.0. The van der Waals surface area contributed by atoms with Crippen LogP contribution in [0, 0.1) is 5.92 Å². The van der Waals surface area contributed by atoms with Crippen molar-refractivity contribution in [1.82, 2.24) is 15.1 Å². The topological polar surface area (TPSA) is 142 Å². The number of nitrogens with zero attached hydrogens (tertiary/aromatic N) is 2. The highest BCUT2D eigenvalue weighted by Gasteiger charge is 2.50. The Balaban J connectivity index is 1.70. The molecule has 270 valence electrons. The average molecular weight is 678 g/mol. The smallest absolute Gasteiger partial charge is 0.497 e. The summed E-state index contributed by atoms with van der Waals surface area (Å²) in [6.45, 7) is 17.5. The predicted octanol–water partition coefficient (Wildman–Crippen LogP) is 6.31. The molecular weight excluding hydrogens is 622 g/mol. The summed E-state index contributed by atoms with van der Waals surface area (Å²) in [5.41, 5.74) is -1.31. The number of alkyl carbamates (subject to hydrolysis) is 1. The van der Waals surface area contributed by atoms with Gasteiger partial charge < -0.3 is 38.6 Å². The van der Waals surface area contributed by atoms with E-state index in [0.717, 1.165) is 18.4 Å². The maximum absolute atomic E-state index is 13.4. The second-order valence-corrected chi connectivity index (χ2v) is 15.4. The third-order valence-corrected chi connectivity index (χ3v) is 7.63. The van der Waals surface area contributed by atoms with E-state index in [1.807, 2.05) is 32.9 Å². The van der Waals surface area contributed by atoms with Crippen molar-refractivity contribution in [2.75, 3.05) is 33.3 Å². The highest BCUT2D eigenvalue weighted by molar-refractivity contribution is 5.71. The lowest BCUT2D eigenvalue weighted by Gasteiger charge is -2.30. The van der Waals surface area contributed by atoms with Crippen molar-refractivity contribution < 1.29 is 47.6 Å². The summed E-state index contributed by atoms with van der Waals surface area (Å²) in [5, 5.41) is 2.80. The molecule has 0 saturated carbocycles. The summed E-state index contributed by atoms with van der Waals surface area (Å²) < 4.78 is 33.5. The van der Waals surface area contributed by atoms with Gasteiger partial charge in [0.15, 0.2) is 12.2 Å². The molecule has 48 heavy (non-hydrogen) atoms. The highest BCUT2D eigenvalue weighted by atomic mass is 16.7. The van der Waals surface area contributed by atoms with Crippen molar-refractivity contribution in [2.24, 2.45) is 5.92 Å². The second-order valence-electron chi connectivity index (χ2n) is 15.4. The molecule has 4 atom stereocenters. The molecule has 2 fully saturated rings. The van der Waals surface area contributed by atoms with E-state index in [1.54, 1.807) is 65.7 Å². The molecule has 0 unspecified atom stereocenters. The largest absolute Gasteiger partial charge is 0.509 e. The zero-order chi connectivity index (χ0) is 35.9. The lowest BCUT2D eigenvalue weighted by Crippen LogP contribution is -2.46. The number of carbonyl (C=O) groups excluding carboxylic acids is 4. The van der Waals surface area contributed by atoms with E-state index in [1.165, 1.54) is 4.90 Å². The number of hydrogen-bond donors (Lipinski definition) is 1. The van der Waals surface area contributed by atoms with E-state index in [0.29, 0.717) is 37.7 Å². The number of carbonyl (C=O) groups is 4. The van der Waals surface area contributed by atoms with Gasteiger partial charge in [0.2, 0.25) is 0 Å². The van der Waals surface area contributed by atoms with E-state index in [2.05, 4.69) is 5.32 Å². The molecule has 3 rings (SSSR count). The minimum atomic E-state index is -1.02. The van der Waals surface area contributed by atoms with Gasteiger partial charge in [0, 0.05) is 19.6 Å². The lowest BCUT2D eigenvalue weighted by atomic mass is 10.0. The van der Waals surface area contributed by atoms with Crippen LogP contribution >= 0.6 is 0 Å². The molecule has 2 heterocycles. The van der Waals surface area contributed by atoms with Gasteiger partial charge in [-0.2, -0.15) is 0 Å². The van der Waals surface area contributed by atoms with Gasteiger partial charge in [0.25, 0.3) is 0 Å². The molecule has 0 aliphatic carbocycles. The Morgan fingerprint density at radius 2 is 1.42 bits per heavy atom. The number of ether oxygens (including phenoxy) is 6. The molecule has 13 nitrogen and oxygen atoms in total. The standard InChI is InChI=1S/C35H55N3O10/c1-33(2,3)46-30(40)37-19-17-24(21-37)12-11-18-36-29(39)45-28-26(20-23-13-15-25(43-10)16-14-23)38(31(41)47-34(4,5)6)22-27(28)44-32(42)48-35(7,8)9/h13-16,24,26-28H,11-12,17-22H2,1-10H3,(H,36,39)/t24-,26+,27-,28-/m0/s1. The van der Waals surface area contributed by atoms with Gasteiger partial charge in [-0.15, -0.1) is 0 Å². The molecular formula is C35H55N3O10. The van der Waals surface area contributed by atoms with Gasteiger partial charge in [-0.05, 0) is 112 Å². The molecule has 2 aliphatic heterocycles. The summed E-state index contributed by atoms with van der Waals surface area (Å²) in [6.07, 6.45) is -1.99. The Morgan fingerprint density at radius 3 is 2.00 bits per heavy atom. The number of hydrogen-bond acceptors (Lipinski definition) is 10. The Bertz CT molecular complexity index is 1250. The minimum Gasteiger partial charge on any atom is -0.497 e. The summed E-state index contributed by atoms with van der Waals surface area (Å²) in [5.74, 6) is 0.968. The van der Waals surface area contributed by atoms with E-state index in [4.69, 9.17) is 28.4 Å². The molecule has 0 radical (unpaired) electrons. The molecule has 2 aliphatic rings. The maximum Gasteiger partial charge on any atom is 0.509 e. The van der Waals surface area contributed by atoms with Crippen LogP contribution < -0.4 is 10.1 Å². The van der Waals surface area contributed by atoms with Crippen molar-refractivity contribution >= 4 is 24.4 Å². The normalized spacial score (nSPS) is 21.4. The number of nitrogens with one attached hydrogen (secondary N) is 1. The zero-order valence-electron chi connectivity index (χ0n) is 30.3. The van der Waals surface area contributed by atoms with Crippen LogP contribution in [0.2, 0.25) is 0 Å². The fraction of sp³-hybridized carbons (Fsp3) is 0.714. The van der Waals surface area contributed by atoms with Crippen molar-refractivity contribution in [3.8, 4) is 5.75 Å². The van der Waals surface area contributed by atoms with Crippen LogP contribution in [0.5, 0.6) is 5.75 Å². The molecule has 0 aromatic heterocycles. The first kappa shape index (κ1) is 38.5. The fourth-order valence-corrected chi connectivity index (χ4v) is 5.58. The average Bonchev–Trinajstić information content (AvgIpc) is 3.54. The number of likely N-dealkylation sites (tertiary alicyclic amines) is 2. The molecule has 13 heteroatoms. The van der Waals surface area contributed by atoms with Crippen LogP contribution in [0.3, 0.4) is 0 Å². The summed E-state index contributed by atoms with van der Waals surface area (Å²) in [6, 6.07) is 6.60. The third kappa shape index (κ3) is 12.6. The minimum absolute atomic E-state index is 0.0667. The molecule has 2 saturated heterocycles. The zero-order valence-corrected chi connectivity index (χ0v) is 30.3. The van der Waals surface area contributed by atoms with Gasteiger partial charge in [-0.25, -0.2) is 19.2 Å². The van der Waals surface area contributed by atoms with Gasteiger partial charge in [-0.1, -0.05) is 12.1 Å². The molecule has 1 N–H and O–H groups in total. The summed E-state index contributed by atoms with van der Waals surface area (Å²) in [7, 11) is 1.57. The molecule has 0 spiro atoms. The Labute approximate surface area is 284 Å². The molecule has 1 aromatic carbocycles. The number of benzene rings is 1. The summed E-state index contributed by atoms with van der Waals surface area (Å²) in [4.78, 5) is 55.0. The number of rotatable bonds is 9. The fourth-order valence-electron chi connectivity index (χ4n) is 5.58. The van der Waals surface area contributed by atoms with E-state index < -0.39 is 53.4 Å². The van der Waals surface area contributed by atoms with E-state index in [9.17, 15) is 19.2 Å². The predicted molar refractivity (Wildman–Crippen MR) is 178 cm³/mol.